The predicted octanol–water partition coefficient (Wildman–Crippen LogP) is 3.64. The average molecular weight is 427 g/mol. The molecule has 2 heterocycles. The molecular formula is C22H30N6O3. The molecule has 1 unspecified atom stereocenters. The van der Waals surface area contributed by atoms with E-state index in [-0.39, 0.29) is 17.9 Å². The van der Waals surface area contributed by atoms with Crippen molar-refractivity contribution in [2.24, 2.45) is 5.41 Å². The number of benzene rings is 1. The molecule has 1 aliphatic rings. The van der Waals surface area contributed by atoms with E-state index < -0.39 is 11.0 Å². The minimum absolute atomic E-state index is 0.0171. The molecule has 1 N–H and O–H groups in total. The maximum absolute atomic E-state index is 12.2. The van der Waals surface area contributed by atoms with Crippen LogP contribution >= 0.6 is 0 Å². The Bertz CT molecular complexity index is 930. The van der Waals surface area contributed by atoms with Crippen LogP contribution in [-0.4, -0.2) is 56.0 Å². The molecule has 1 fully saturated rings. The van der Waals surface area contributed by atoms with Crippen molar-refractivity contribution in [2.75, 3.05) is 18.4 Å². The molecule has 0 spiro atoms. The summed E-state index contributed by atoms with van der Waals surface area (Å²) in [4.78, 5) is 26.0. The second-order valence-corrected chi connectivity index (χ2v) is 9.78. The lowest BCUT2D eigenvalue weighted by molar-refractivity contribution is -0.123. The van der Waals surface area contributed by atoms with Gasteiger partial charge >= 0.3 is 6.09 Å². The van der Waals surface area contributed by atoms with Gasteiger partial charge in [0.25, 0.3) is 0 Å². The number of likely N-dealkylation sites (tertiary alicyclic amines) is 1. The van der Waals surface area contributed by atoms with Crippen molar-refractivity contribution in [1.82, 2.24) is 25.3 Å². The summed E-state index contributed by atoms with van der Waals surface area (Å²) in [7, 11) is 0. The van der Waals surface area contributed by atoms with Crippen LogP contribution < -0.4 is 5.32 Å². The third-order valence-electron chi connectivity index (χ3n) is 4.78. The number of nitrogens with one attached hydrogen (secondary N) is 1. The zero-order valence-corrected chi connectivity index (χ0v) is 19.0. The first-order chi connectivity index (χ1) is 14.4. The topological polar surface area (TPSA) is 110 Å². The Kier molecular flexibility index (Phi) is 6.24. The molecule has 9 nitrogen and oxygen atoms in total. The van der Waals surface area contributed by atoms with Gasteiger partial charge in [-0.25, -0.2) is 4.79 Å². The Hall–Kier alpha value is -3.10. The third kappa shape index (κ3) is 5.96. The van der Waals surface area contributed by atoms with E-state index >= 15 is 0 Å². The van der Waals surface area contributed by atoms with E-state index in [0.29, 0.717) is 30.4 Å². The molecule has 0 bridgehead atoms. The number of carbonyl (C=O) groups is 2. The number of amides is 2. The number of rotatable bonds is 3. The lowest BCUT2D eigenvalue weighted by Crippen LogP contribution is -2.35. The molecule has 1 aliphatic heterocycles. The number of aromatic nitrogens is 4. The minimum atomic E-state index is -0.526. The normalized spacial score (nSPS) is 16.8. The molecule has 3 rings (SSSR count). The highest BCUT2D eigenvalue weighted by Gasteiger charge is 2.32. The molecule has 1 aromatic carbocycles. The SMILES string of the molecule is CC(C)(C)OC(=O)N1CCC(c2nnc(-c3ccc(NC(=O)C(C)(C)C)cc3)nn2)C1. The van der Waals surface area contributed by atoms with Gasteiger partial charge in [0.1, 0.15) is 5.60 Å². The fourth-order valence-electron chi connectivity index (χ4n) is 3.00. The molecule has 0 saturated carbocycles. The fourth-order valence-corrected chi connectivity index (χ4v) is 3.00. The van der Waals surface area contributed by atoms with Gasteiger partial charge in [-0.05, 0) is 51.5 Å². The van der Waals surface area contributed by atoms with Gasteiger partial charge in [-0.3, -0.25) is 4.79 Å². The van der Waals surface area contributed by atoms with Crippen LogP contribution in [-0.2, 0) is 9.53 Å². The van der Waals surface area contributed by atoms with Crippen molar-refractivity contribution in [1.29, 1.82) is 0 Å². The highest BCUT2D eigenvalue weighted by Crippen LogP contribution is 2.26. The summed E-state index contributed by atoms with van der Waals surface area (Å²) in [5.74, 6) is 0.848. The number of anilines is 1. The molecule has 2 aromatic rings. The molecule has 1 aromatic heterocycles. The Morgan fingerprint density at radius 2 is 1.61 bits per heavy atom. The van der Waals surface area contributed by atoms with Crippen LogP contribution in [0.25, 0.3) is 11.4 Å². The summed E-state index contributed by atoms with van der Waals surface area (Å²) < 4.78 is 5.42. The second kappa shape index (κ2) is 8.56. The number of nitrogens with zero attached hydrogens (tertiary/aromatic N) is 5. The van der Waals surface area contributed by atoms with Crippen molar-refractivity contribution >= 4 is 17.7 Å². The van der Waals surface area contributed by atoms with Gasteiger partial charge in [0, 0.05) is 35.7 Å². The van der Waals surface area contributed by atoms with Gasteiger partial charge in [-0.1, -0.05) is 20.8 Å². The van der Waals surface area contributed by atoms with Crippen molar-refractivity contribution in [3.05, 3.63) is 30.1 Å². The molecule has 1 saturated heterocycles. The first kappa shape index (κ1) is 22.6. The van der Waals surface area contributed by atoms with E-state index in [1.54, 1.807) is 17.0 Å². The second-order valence-electron chi connectivity index (χ2n) is 9.78. The van der Waals surface area contributed by atoms with Crippen LogP contribution in [0.4, 0.5) is 10.5 Å². The van der Waals surface area contributed by atoms with Crippen LogP contribution in [0.3, 0.4) is 0 Å². The van der Waals surface area contributed by atoms with Crippen molar-refractivity contribution in [2.45, 2.75) is 59.5 Å². The van der Waals surface area contributed by atoms with E-state index in [0.717, 1.165) is 12.0 Å². The Balaban J connectivity index is 1.62. The number of ether oxygens (including phenoxy) is 1. The van der Waals surface area contributed by atoms with Crippen molar-refractivity contribution in [3.63, 3.8) is 0 Å². The van der Waals surface area contributed by atoms with E-state index in [4.69, 9.17) is 4.74 Å². The molecule has 9 heteroatoms. The summed E-state index contributed by atoms with van der Waals surface area (Å²) in [6.45, 7) is 12.2. The Morgan fingerprint density at radius 1 is 1.00 bits per heavy atom. The Labute approximate surface area is 182 Å². The summed E-state index contributed by atoms with van der Waals surface area (Å²) >= 11 is 0. The predicted molar refractivity (Wildman–Crippen MR) is 116 cm³/mol. The van der Waals surface area contributed by atoms with Gasteiger partial charge < -0.3 is 15.0 Å². The fraction of sp³-hybridized carbons (Fsp3) is 0.545. The minimum Gasteiger partial charge on any atom is -0.444 e. The highest BCUT2D eigenvalue weighted by atomic mass is 16.6. The van der Waals surface area contributed by atoms with Gasteiger partial charge in [0.05, 0.1) is 0 Å². The third-order valence-corrected chi connectivity index (χ3v) is 4.78. The monoisotopic (exact) mass is 426 g/mol. The molecule has 2 amide bonds. The Morgan fingerprint density at radius 3 is 2.16 bits per heavy atom. The van der Waals surface area contributed by atoms with Gasteiger partial charge in [-0.2, -0.15) is 0 Å². The smallest absolute Gasteiger partial charge is 0.410 e. The average Bonchev–Trinajstić information content (AvgIpc) is 3.17. The van der Waals surface area contributed by atoms with Crippen LogP contribution in [0.5, 0.6) is 0 Å². The summed E-state index contributed by atoms with van der Waals surface area (Å²) in [5, 5.41) is 19.8. The van der Waals surface area contributed by atoms with Gasteiger partial charge in [0.2, 0.25) is 11.7 Å². The van der Waals surface area contributed by atoms with Crippen LogP contribution in [0, 0.1) is 5.41 Å². The molecule has 0 aliphatic carbocycles. The van der Waals surface area contributed by atoms with E-state index in [1.807, 2.05) is 53.7 Å². The van der Waals surface area contributed by atoms with Crippen molar-refractivity contribution < 1.29 is 14.3 Å². The first-order valence-corrected chi connectivity index (χ1v) is 10.4. The van der Waals surface area contributed by atoms with Crippen LogP contribution in [0.15, 0.2) is 24.3 Å². The van der Waals surface area contributed by atoms with Gasteiger partial charge in [-0.15, -0.1) is 20.4 Å². The summed E-state index contributed by atoms with van der Waals surface area (Å²) in [6.07, 6.45) is 0.413. The standard InChI is InChI=1S/C22H30N6O3/c1-21(2,3)19(29)23-16-9-7-14(8-10-16)17-24-26-18(27-25-17)15-11-12-28(13-15)20(30)31-22(4,5)6/h7-10,15H,11-13H2,1-6H3,(H,23,29). The molecular weight excluding hydrogens is 396 g/mol. The van der Waals surface area contributed by atoms with Crippen LogP contribution in [0.1, 0.15) is 59.7 Å². The lowest BCUT2D eigenvalue weighted by atomic mass is 9.95. The lowest BCUT2D eigenvalue weighted by Gasteiger charge is -2.24. The maximum atomic E-state index is 12.2. The largest absolute Gasteiger partial charge is 0.444 e. The van der Waals surface area contributed by atoms with E-state index in [1.165, 1.54) is 0 Å². The van der Waals surface area contributed by atoms with E-state index in [9.17, 15) is 9.59 Å². The number of carbonyl (C=O) groups excluding carboxylic acids is 2. The van der Waals surface area contributed by atoms with Crippen LogP contribution in [0.2, 0.25) is 0 Å². The van der Waals surface area contributed by atoms with Crippen molar-refractivity contribution in [3.8, 4) is 11.4 Å². The molecule has 0 radical (unpaired) electrons. The number of hydrogen-bond acceptors (Lipinski definition) is 7. The quantitative estimate of drug-likeness (QED) is 0.798. The maximum Gasteiger partial charge on any atom is 0.410 e. The zero-order chi connectivity index (χ0) is 22.8. The van der Waals surface area contributed by atoms with Gasteiger partial charge in [0.15, 0.2) is 5.82 Å². The first-order valence-electron chi connectivity index (χ1n) is 10.4. The zero-order valence-electron chi connectivity index (χ0n) is 19.0. The summed E-state index contributed by atoms with van der Waals surface area (Å²) in [6, 6.07) is 7.23. The highest BCUT2D eigenvalue weighted by molar-refractivity contribution is 5.94. The van der Waals surface area contributed by atoms with E-state index in [2.05, 4.69) is 25.7 Å². The molecule has 166 valence electrons. The number of hydrogen-bond donors (Lipinski definition) is 1. The molecule has 1 atom stereocenters. The molecule has 31 heavy (non-hydrogen) atoms. The summed E-state index contributed by atoms with van der Waals surface area (Å²) in [5.41, 5.74) is 0.461.